The number of halogens is 1. The fraction of sp³-hybridized carbons (Fsp3) is 0.318. The zero-order chi connectivity index (χ0) is 18.6. The summed E-state index contributed by atoms with van der Waals surface area (Å²) in [6, 6.07) is 16.2. The number of ether oxygens (including phenoxy) is 1. The Labute approximate surface area is 154 Å². The van der Waals surface area contributed by atoms with Gasteiger partial charge in [-0.05, 0) is 36.1 Å². The number of terminal acetylenes is 1. The summed E-state index contributed by atoms with van der Waals surface area (Å²) in [6.07, 6.45) is 7.26. The van der Waals surface area contributed by atoms with Gasteiger partial charge in [0.25, 0.3) is 0 Å². The van der Waals surface area contributed by atoms with Crippen molar-refractivity contribution in [1.82, 2.24) is 4.90 Å². The molecule has 0 heterocycles. The van der Waals surface area contributed by atoms with Gasteiger partial charge in [0.05, 0.1) is 13.2 Å². The molecule has 0 fully saturated rings. The molecule has 26 heavy (non-hydrogen) atoms. The number of carbonyl (C=O) groups excluding carboxylic acids is 1. The summed E-state index contributed by atoms with van der Waals surface area (Å²) in [5, 5.41) is 0. The minimum atomic E-state index is -0.295. The van der Waals surface area contributed by atoms with E-state index in [1.54, 1.807) is 17.0 Å². The van der Waals surface area contributed by atoms with Gasteiger partial charge in [-0.2, -0.15) is 0 Å². The van der Waals surface area contributed by atoms with Crippen LogP contribution in [0.4, 0.5) is 4.39 Å². The van der Waals surface area contributed by atoms with Crippen LogP contribution in [0.5, 0.6) is 0 Å². The highest BCUT2D eigenvalue weighted by Gasteiger charge is 2.12. The molecule has 0 bridgehead atoms. The summed E-state index contributed by atoms with van der Waals surface area (Å²) >= 11 is 0. The molecule has 2 aromatic rings. The Bertz CT molecular complexity index is 707. The molecule has 136 valence electrons. The van der Waals surface area contributed by atoms with Crippen LogP contribution < -0.4 is 0 Å². The largest absolute Gasteiger partial charge is 0.381 e. The molecule has 0 aliphatic heterocycles. The summed E-state index contributed by atoms with van der Waals surface area (Å²) < 4.78 is 18.6. The molecule has 4 heteroatoms. The minimum Gasteiger partial charge on any atom is -0.381 e. The van der Waals surface area contributed by atoms with Crippen molar-refractivity contribution in [3.05, 3.63) is 71.5 Å². The highest BCUT2D eigenvalue weighted by Crippen LogP contribution is 2.09. The second-order valence-corrected chi connectivity index (χ2v) is 6.03. The number of nitrogens with zero attached hydrogens (tertiary/aromatic N) is 1. The van der Waals surface area contributed by atoms with Crippen molar-refractivity contribution in [2.24, 2.45) is 0 Å². The summed E-state index contributed by atoms with van der Waals surface area (Å²) in [5.41, 5.74) is 2.09. The topological polar surface area (TPSA) is 29.5 Å². The Balaban J connectivity index is 1.68. The predicted octanol–water partition coefficient (Wildman–Crippen LogP) is 3.83. The van der Waals surface area contributed by atoms with Gasteiger partial charge in [0, 0.05) is 19.6 Å². The maximum atomic E-state index is 13.0. The van der Waals surface area contributed by atoms with Crippen LogP contribution in [0, 0.1) is 18.2 Å². The van der Waals surface area contributed by atoms with E-state index in [1.807, 2.05) is 18.2 Å². The SMILES string of the molecule is C#CCN(Cc1ccc(F)cc1)C(=O)CCCOCCc1ccccc1. The second-order valence-electron chi connectivity index (χ2n) is 6.03. The van der Waals surface area contributed by atoms with Crippen LogP contribution >= 0.6 is 0 Å². The number of carbonyl (C=O) groups is 1. The molecule has 0 aliphatic carbocycles. The Morgan fingerprint density at radius 3 is 2.46 bits per heavy atom. The average Bonchev–Trinajstić information content (AvgIpc) is 2.66. The third-order valence-corrected chi connectivity index (χ3v) is 3.98. The van der Waals surface area contributed by atoms with Crippen LogP contribution in [0.1, 0.15) is 24.0 Å². The Kier molecular flexibility index (Phi) is 8.38. The zero-order valence-corrected chi connectivity index (χ0v) is 14.9. The lowest BCUT2D eigenvalue weighted by atomic mass is 10.2. The average molecular weight is 353 g/mol. The van der Waals surface area contributed by atoms with Gasteiger partial charge in [-0.15, -0.1) is 6.42 Å². The Hall–Kier alpha value is -2.64. The molecule has 1 amide bonds. The van der Waals surface area contributed by atoms with Crippen molar-refractivity contribution in [2.75, 3.05) is 19.8 Å². The molecular weight excluding hydrogens is 329 g/mol. The molecular formula is C22H24FNO2. The normalized spacial score (nSPS) is 10.3. The van der Waals surface area contributed by atoms with Gasteiger partial charge in [-0.1, -0.05) is 48.4 Å². The first-order valence-corrected chi connectivity index (χ1v) is 8.76. The third kappa shape index (κ3) is 7.08. The molecule has 0 saturated carbocycles. The molecule has 2 rings (SSSR count). The fourth-order valence-electron chi connectivity index (χ4n) is 2.57. The van der Waals surface area contributed by atoms with Gasteiger partial charge >= 0.3 is 0 Å². The van der Waals surface area contributed by atoms with Crippen molar-refractivity contribution >= 4 is 5.91 Å². The van der Waals surface area contributed by atoms with E-state index in [9.17, 15) is 9.18 Å². The molecule has 0 unspecified atom stereocenters. The van der Waals surface area contributed by atoms with Gasteiger partial charge in [0.15, 0.2) is 0 Å². The maximum absolute atomic E-state index is 13.0. The van der Waals surface area contributed by atoms with Crippen LogP contribution in [-0.4, -0.2) is 30.6 Å². The smallest absolute Gasteiger partial charge is 0.223 e. The fourth-order valence-corrected chi connectivity index (χ4v) is 2.57. The monoisotopic (exact) mass is 353 g/mol. The van der Waals surface area contributed by atoms with E-state index in [1.165, 1.54) is 17.7 Å². The van der Waals surface area contributed by atoms with E-state index in [-0.39, 0.29) is 18.3 Å². The molecule has 0 spiro atoms. The molecule has 0 radical (unpaired) electrons. The van der Waals surface area contributed by atoms with E-state index in [0.717, 1.165) is 12.0 Å². The van der Waals surface area contributed by atoms with E-state index < -0.39 is 0 Å². The van der Waals surface area contributed by atoms with Crippen LogP contribution in [0.3, 0.4) is 0 Å². The zero-order valence-electron chi connectivity index (χ0n) is 14.9. The summed E-state index contributed by atoms with van der Waals surface area (Å²) in [7, 11) is 0. The number of rotatable bonds is 10. The third-order valence-electron chi connectivity index (χ3n) is 3.98. The first-order chi connectivity index (χ1) is 12.7. The quantitative estimate of drug-likeness (QED) is 0.480. The summed E-state index contributed by atoms with van der Waals surface area (Å²) in [6.45, 7) is 1.81. The van der Waals surface area contributed by atoms with Crippen molar-refractivity contribution in [3.63, 3.8) is 0 Å². The maximum Gasteiger partial charge on any atom is 0.223 e. The molecule has 0 saturated heterocycles. The molecule has 0 atom stereocenters. The standard InChI is InChI=1S/C22H24FNO2/c1-2-15-24(18-20-10-12-21(23)13-11-20)22(25)9-6-16-26-17-14-19-7-4-3-5-8-19/h1,3-5,7-8,10-13H,6,9,14-18H2. The highest BCUT2D eigenvalue weighted by molar-refractivity contribution is 5.76. The summed E-state index contributed by atoms with van der Waals surface area (Å²) in [5.74, 6) is 2.20. The van der Waals surface area contributed by atoms with E-state index in [0.29, 0.717) is 32.6 Å². The lowest BCUT2D eigenvalue weighted by molar-refractivity contribution is -0.131. The van der Waals surface area contributed by atoms with Crippen LogP contribution in [0.15, 0.2) is 54.6 Å². The van der Waals surface area contributed by atoms with E-state index in [4.69, 9.17) is 11.2 Å². The van der Waals surface area contributed by atoms with Crippen molar-refractivity contribution in [1.29, 1.82) is 0 Å². The van der Waals surface area contributed by atoms with Crippen LogP contribution in [-0.2, 0) is 22.5 Å². The van der Waals surface area contributed by atoms with E-state index in [2.05, 4.69) is 18.1 Å². The lowest BCUT2D eigenvalue weighted by Gasteiger charge is -2.20. The number of amides is 1. The minimum absolute atomic E-state index is 0.0149. The van der Waals surface area contributed by atoms with Gasteiger partial charge in [0.1, 0.15) is 5.82 Å². The molecule has 0 aliphatic rings. The number of hydrogen-bond donors (Lipinski definition) is 0. The number of benzene rings is 2. The van der Waals surface area contributed by atoms with Gasteiger partial charge < -0.3 is 9.64 Å². The van der Waals surface area contributed by atoms with Crippen molar-refractivity contribution in [3.8, 4) is 12.3 Å². The molecule has 0 aromatic heterocycles. The van der Waals surface area contributed by atoms with Crippen molar-refractivity contribution < 1.29 is 13.9 Å². The Morgan fingerprint density at radius 2 is 1.77 bits per heavy atom. The van der Waals surface area contributed by atoms with Crippen molar-refractivity contribution in [2.45, 2.75) is 25.8 Å². The second kappa shape index (κ2) is 11.1. The highest BCUT2D eigenvalue weighted by atomic mass is 19.1. The first kappa shape index (κ1) is 19.7. The van der Waals surface area contributed by atoms with Crippen LogP contribution in [0.2, 0.25) is 0 Å². The number of hydrogen-bond acceptors (Lipinski definition) is 2. The van der Waals surface area contributed by atoms with Gasteiger partial charge in [-0.3, -0.25) is 4.79 Å². The molecule has 3 nitrogen and oxygen atoms in total. The van der Waals surface area contributed by atoms with Gasteiger partial charge in [0.2, 0.25) is 5.91 Å². The predicted molar refractivity (Wildman–Crippen MR) is 101 cm³/mol. The van der Waals surface area contributed by atoms with Gasteiger partial charge in [-0.25, -0.2) is 4.39 Å². The lowest BCUT2D eigenvalue weighted by Crippen LogP contribution is -2.31. The van der Waals surface area contributed by atoms with Crippen LogP contribution in [0.25, 0.3) is 0 Å². The summed E-state index contributed by atoms with van der Waals surface area (Å²) in [4.78, 5) is 14.0. The Morgan fingerprint density at radius 1 is 1.04 bits per heavy atom. The van der Waals surface area contributed by atoms with E-state index >= 15 is 0 Å². The molecule has 2 aromatic carbocycles. The first-order valence-electron chi connectivity index (χ1n) is 8.76. The molecule has 0 N–H and O–H groups in total.